The standard InChI is InChI=1S/C9H11N5O2S2/c1-5-3-17-6(11-5)2-14-8(10)12-13-9(14)18-4-7(15)16/h3H,2,4H2,1H3,(H2,10,12)(H,15,16). The lowest BCUT2D eigenvalue weighted by molar-refractivity contribution is -0.133. The molecule has 0 aliphatic heterocycles. The van der Waals surface area contributed by atoms with Crippen LogP contribution >= 0.6 is 23.1 Å². The Morgan fingerprint density at radius 3 is 3.00 bits per heavy atom. The van der Waals surface area contributed by atoms with E-state index >= 15 is 0 Å². The Labute approximate surface area is 111 Å². The summed E-state index contributed by atoms with van der Waals surface area (Å²) in [6.45, 7) is 2.37. The van der Waals surface area contributed by atoms with Crippen molar-refractivity contribution in [3.63, 3.8) is 0 Å². The molecular weight excluding hydrogens is 274 g/mol. The lowest BCUT2D eigenvalue weighted by Gasteiger charge is -2.04. The molecule has 2 heterocycles. The van der Waals surface area contributed by atoms with Gasteiger partial charge in [-0.05, 0) is 6.92 Å². The van der Waals surface area contributed by atoms with Gasteiger partial charge in [-0.1, -0.05) is 11.8 Å². The van der Waals surface area contributed by atoms with Gasteiger partial charge in [-0.15, -0.1) is 21.5 Å². The molecule has 0 atom stereocenters. The van der Waals surface area contributed by atoms with Crippen molar-refractivity contribution in [3.8, 4) is 0 Å². The molecule has 3 N–H and O–H groups in total. The summed E-state index contributed by atoms with van der Waals surface area (Å²) >= 11 is 2.61. The summed E-state index contributed by atoms with van der Waals surface area (Å²) < 4.78 is 1.66. The van der Waals surface area contributed by atoms with Gasteiger partial charge in [-0.3, -0.25) is 9.36 Å². The fourth-order valence-corrected chi connectivity index (χ4v) is 2.72. The van der Waals surface area contributed by atoms with E-state index in [-0.39, 0.29) is 11.7 Å². The first-order valence-electron chi connectivity index (χ1n) is 5.00. The maximum Gasteiger partial charge on any atom is 0.313 e. The van der Waals surface area contributed by atoms with Crippen molar-refractivity contribution < 1.29 is 9.90 Å². The van der Waals surface area contributed by atoms with Gasteiger partial charge in [0.1, 0.15) is 5.01 Å². The first-order valence-corrected chi connectivity index (χ1v) is 6.87. The highest BCUT2D eigenvalue weighted by Crippen LogP contribution is 2.20. The lowest BCUT2D eigenvalue weighted by Crippen LogP contribution is -2.07. The van der Waals surface area contributed by atoms with E-state index in [2.05, 4.69) is 15.2 Å². The van der Waals surface area contributed by atoms with E-state index in [0.717, 1.165) is 22.5 Å². The van der Waals surface area contributed by atoms with E-state index in [0.29, 0.717) is 11.7 Å². The SMILES string of the molecule is Cc1csc(Cn2c(N)nnc2SCC(=O)O)n1. The molecule has 0 aliphatic carbocycles. The Balaban J connectivity index is 2.16. The molecule has 0 unspecified atom stereocenters. The summed E-state index contributed by atoms with van der Waals surface area (Å²) in [4.78, 5) is 14.9. The van der Waals surface area contributed by atoms with Crippen molar-refractivity contribution in [1.29, 1.82) is 0 Å². The first kappa shape index (κ1) is 12.8. The smallest absolute Gasteiger partial charge is 0.313 e. The molecule has 0 amide bonds. The number of aliphatic carboxylic acids is 1. The fraction of sp³-hybridized carbons (Fsp3) is 0.333. The minimum Gasteiger partial charge on any atom is -0.481 e. The quantitative estimate of drug-likeness (QED) is 0.784. The highest BCUT2D eigenvalue weighted by Gasteiger charge is 2.13. The van der Waals surface area contributed by atoms with Crippen molar-refractivity contribution in [3.05, 3.63) is 16.1 Å². The molecule has 0 aliphatic rings. The van der Waals surface area contributed by atoms with Gasteiger partial charge in [0.2, 0.25) is 5.95 Å². The molecule has 96 valence electrons. The zero-order valence-electron chi connectivity index (χ0n) is 9.53. The van der Waals surface area contributed by atoms with Gasteiger partial charge in [0.15, 0.2) is 5.16 Å². The van der Waals surface area contributed by atoms with E-state index in [1.165, 1.54) is 11.3 Å². The van der Waals surface area contributed by atoms with Crippen LogP contribution in [0.5, 0.6) is 0 Å². The van der Waals surface area contributed by atoms with Gasteiger partial charge < -0.3 is 10.8 Å². The van der Waals surface area contributed by atoms with Gasteiger partial charge in [0.25, 0.3) is 0 Å². The van der Waals surface area contributed by atoms with Crippen LogP contribution in [0.1, 0.15) is 10.7 Å². The van der Waals surface area contributed by atoms with E-state index in [4.69, 9.17) is 10.8 Å². The van der Waals surface area contributed by atoms with E-state index in [1.807, 2.05) is 12.3 Å². The lowest BCUT2D eigenvalue weighted by atomic mass is 10.6. The Morgan fingerprint density at radius 2 is 2.39 bits per heavy atom. The zero-order valence-corrected chi connectivity index (χ0v) is 11.2. The average molecular weight is 285 g/mol. The summed E-state index contributed by atoms with van der Waals surface area (Å²) in [5, 5.41) is 19.6. The monoisotopic (exact) mass is 285 g/mol. The minimum absolute atomic E-state index is 0.0744. The summed E-state index contributed by atoms with van der Waals surface area (Å²) in [6, 6.07) is 0. The third-order valence-corrected chi connectivity index (χ3v) is 3.93. The molecule has 0 saturated heterocycles. The van der Waals surface area contributed by atoms with Crippen LogP contribution in [0.2, 0.25) is 0 Å². The van der Waals surface area contributed by atoms with Crippen LogP contribution < -0.4 is 5.73 Å². The summed E-state index contributed by atoms with van der Waals surface area (Å²) in [5.74, 6) is -0.719. The van der Waals surface area contributed by atoms with Crippen molar-refractivity contribution >= 4 is 35.0 Å². The van der Waals surface area contributed by atoms with Crippen LogP contribution in [-0.4, -0.2) is 36.6 Å². The number of aryl methyl sites for hydroxylation is 1. The Kier molecular flexibility index (Phi) is 3.82. The summed E-state index contributed by atoms with van der Waals surface area (Å²) in [5.41, 5.74) is 6.65. The van der Waals surface area contributed by atoms with Crippen LogP contribution in [0, 0.1) is 6.92 Å². The number of thioether (sulfide) groups is 1. The highest BCUT2D eigenvalue weighted by molar-refractivity contribution is 7.99. The number of aromatic nitrogens is 4. The number of hydrogen-bond donors (Lipinski definition) is 2. The first-order chi connectivity index (χ1) is 8.56. The zero-order chi connectivity index (χ0) is 13.1. The summed E-state index contributed by atoms with van der Waals surface area (Å²) in [6.07, 6.45) is 0. The van der Waals surface area contributed by atoms with Crippen LogP contribution in [0.15, 0.2) is 10.5 Å². The molecule has 2 rings (SSSR count). The van der Waals surface area contributed by atoms with Gasteiger partial charge in [-0.2, -0.15) is 0 Å². The number of carboxylic acids is 1. The highest BCUT2D eigenvalue weighted by atomic mass is 32.2. The van der Waals surface area contributed by atoms with Crippen LogP contribution in [0.3, 0.4) is 0 Å². The normalized spacial score (nSPS) is 10.7. The van der Waals surface area contributed by atoms with Crippen molar-refractivity contribution in [2.75, 3.05) is 11.5 Å². The molecule has 2 aromatic rings. The largest absolute Gasteiger partial charge is 0.481 e. The van der Waals surface area contributed by atoms with E-state index < -0.39 is 5.97 Å². The summed E-state index contributed by atoms with van der Waals surface area (Å²) in [7, 11) is 0. The molecule has 7 nitrogen and oxygen atoms in total. The number of carboxylic acid groups (broad SMARTS) is 1. The maximum atomic E-state index is 10.5. The molecule has 9 heteroatoms. The molecule has 2 aromatic heterocycles. The fourth-order valence-electron chi connectivity index (χ4n) is 1.29. The minimum atomic E-state index is -0.904. The molecule has 0 fully saturated rings. The van der Waals surface area contributed by atoms with Crippen LogP contribution in [0.4, 0.5) is 5.95 Å². The third kappa shape index (κ3) is 2.99. The number of carbonyl (C=O) groups is 1. The number of anilines is 1. The molecular formula is C9H11N5O2S2. The molecule has 0 spiro atoms. The van der Waals surface area contributed by atoms with Gasteiger partial charge in [-0.25, -0.2) is 4.98 Å². The number of nitrogen functional groups attached to an aromatic ring is 1. The van der Waals surface area contributed by atoms with Crippen molar-refractivity contribution in [2.24, 2.45) is 0 Å². The maximum absolute atomic E-state index is 10.5. The Morgan fingerprint density at radius 1 is 1.61 bits per heavy atom. The molecule has 0 aromatic carbocycles. The van der Waals surface area contributed by atoms with Crippen molar-refractivity contribution in [2.45, 2.75) is 18.6 Å². The molecule has 0 bridgehead atoms. The second-order valence-electron chi connectivity index (χ2n) is 3.49. The second kappa shape index (κ2) is 5.36. The predicted molar refractivity (Wildman–Crippen MR) is 68.7 cm³/mol. The number of thiazole rings is 1. The molecule has 18 heavy (non-hydrogen) atoms. The van der Waals surface area contributed by atoms with Gasteiger partial charge in [0.05, 0.1) is 12.3 Å². The Bertz CT molecular complexity index is 565. The number of rotatable bonds is 5. The van der Waals surface area contributed by atoms with Crippen molar-refractivity contribution in [1.82, 2.24) is 19.7 Å². The molecule has 0 saturated carbocycles. The predicted octanol–water partition coefficient (Wildman–Crippen LogP) is 0.850. The average Bonchev–Trinajstić information content (AvgIpc) is 2.85. The van der Waals surface area contributed by atoms with E-state index in [9.17, 15) is 4.79 Å². The second-order valence-corrected chi connectivity index (χ2v) is 5.38. The van der Waals surface area contributed by atoms with Gasteiger partial charge in [0, 0.05) is 11.1 Å². The van der Waals surface area contributed by atoms with Crippen LogP contribution in [0.25, 0.3) is 0 Å². The van der Waals surface area contributed by atoms with E-state index in [1.54, 1.807) is 4.57 Å². The third-order valence-electron chi connectivity index (χ3n) is 2.03. The number of nitrogens with zero attached hydrogens (tertiary/aromatic N) is 4. The number of nitrogens with two attached hydrogens (primary N) is 1. The van der Waals surface area contributed by atoms with Crippen LogP contribution in [-0.2, 0) is 11.3 Å². The van der Waals surface area contributed by atoms with Gasteiger partial charge >= 0.3 is 5.97 Å². The number of hydrogen-bond acceptors (Lipinski definition) is 7. The Hall–Kier alpha value is -1.61. The molecule has 0 radical (unpaired) electrons. The topological polar surface area (TPSA) is 107 Å².